The van der Waals surface area contributed by atoms with Gasteiger partial charge in [0.15, 0.2) is 0 Å². The number of pyridine rings is 1. The average molecular weight is 392 g/mol. The van der Waals surface area contributed by atoms with Gasteiger partial charge in [0.2, 0.25) is 0 Å². The molecular weight excluding hydrogens is 378 g/mol. The monoisotopic (exact) mass is 392 g/mol. The van der Waals surface area contributed by atoms with Crippen molar-refractivity contribution < 1.29 is 36.2 Å². The van der Waals surface area contributed by atoms with E-state index in [9.17, 15) is 36.2 Å². The molecule has 1 unspecified atom stereocenters. The maximum absolute atomic E-state index is 13.4. The topological polar surface area (TPSA) is 53.4 Å². The standard InChI is InChI=1S/C17H14F6N2O2/c1-2-25(15(26)27)14(10-5-7-11(8-6-10)16(18,19)20)13-12(17(21,22)23)4-3-9-24-13/h3-9,14H,2H2,1H3,(H,26,27). The molecule has 0 saturated heterocycles. The Morgan fingerprint density at radius 2 is 1.67 bits per heavy atom. The van der Waals surface area contributed by atoms with Gasteiger partial charge in [-0.2, -0.15) is 26.3 Å². The van der Waals surface area contributed by atoms with Gasteiger partial charge < -0.3 is 5.11 Å². The van der Waals surface area contributed by atoms with Gasteiger partial charge in [-0.3, -0.25) is 9.88 Å². The predicted molar refractivity (Wildman–Crippen MR) is 82.9 cm³/mol. The van der Waals surface area contributed by atoms with Gasteiger partial charge in [0.25, 0.3) is 0 Å². The molecule has 0 bridgehead atoms. The number of benzene rings is 1. The predicted octanol–water partition coefficient (Wildman–Crippen LogP) is 5.21. The molecular formula is C17H14F6N2O2. The van der Waals surface area contributed by atoms with Gasteiger partial charge >= 0.3 is 18.4 Å². The highest BCUT2D eigenvalue weighted by Gasteiger charge is 2.39. The van der Waals surface area contributed by atoms with Gasteiger partial charge in [0.1, 0.15) is 6.04 Å². The third kappa shape index (κ3) is 4.50. The minimum Gasteiger partial charge on any atom is -0.465 e. The molecule has 1 aromatic heterocycles. The maximum Gasteiger partial charge on any atom is 0.418 e. The number of hydrogen-bond donors (Lipinski definition) is 1. The maximum atomic E-state index is 13.4. The Balaban J connectivity index is 2.66. The number of halogens is 6. The van der Waals surface area contributed by atoms with Gasteiger partial charge in [0, 0.05) is 12.7 Å². The Morgan fingerprint density at radius 1 is 1.07 bits per heavy atom. The molecule has 4 nitrogen and oxygen atoms in total. The van der Waals surface area contributed by atoms with Crippen LogP contribution >= 0.6 is 0 Å². The lowest BCUT2D eigenvalue weighted by molar-refractivity contribution is -0.139. The van der Waals surface area contributed by atoms with Crippen molar-refractivity contribution in [1.82, 2.24) is 9.88 Å². The largest absolute Gasteiger partial charge is 0.465 e. The van der Waals surface area contributed by atoms with Crippen LogP contribution in [0, 0.1) is 0 Å². The molecule has 146 valence electrons. The van der Waals surface area contributed by atoms with Crippen molar-refractivity contribution in [3.63, 3.8) is 0 Å². The van der Waals surface area contributed by atoms with E-state index in [2.05, 4.69) is 4.98 Å². The van der Waals surface area contributed by atoms with Crippen LogP contribution in [0.25, 0.3) is 0 Å². The Kier molecular flexibility index (Phi) is 5.67. The molecule has 27 heavy (non-hydrogen) atoms. The molecule has 1 N–H and O–H groups in total. The molecule has 0 aliphatic carbocycles. The summed E-state index contributed by atoms with van der Waals surface area (Å²) < 4.78 is 78.3. The Morgan fingerprint density at radius 3 is 2.11 bits per heavy atom. The molecule has 2 rings (SSSR count). The molecule has 0 radical (unpaired) electrons. The fourth-order valence-corrected chi connectivity index (χ4v) is 2.64. The molecule has 1 aromatic carbocycles. The minimum absolute atomic E-state index is 0.0588. The molecule has 2 aromatic rings. The van der Waals surface area contributed by atoms with E-state index < -0.39 is 41.3 Å². The first kappa shape index (κ1) is 20.5. The summed E-state index contributed by atoms with van der Waals surface area (Å²) in [4.78, 5) is 15.9. The van der Waals surface area contributed by atoms with Crippen LogP contribution in [0.5, 0.6) is 0 Å². The molecule has 0 spiro atoms. The van der Waals surface area contributed by atoms with Crippen LogP contribution in [0.1, 0.15) is 35.3 Å². The lowest BCUT2D eigenvalue weighted by Crippen LogP contribution is -2.36. The number of rotatable bonds is 4. The average Bonchev–Trinajstić information content (AvgIpc) is 2.58. The van der Waals surface area contributed by atoms with E-state index in [0.717, 1.165) is 30.5 Å². The summed E-state index contributed by atoms with van der Waals surface area (Å²) >= 11 is 0. The molecule has 0 aliphatic rings. The van der Waals surface area contributed by atoms with Crippen molar-refractivity contribution in [2.24, 2.45) is 0 Å². The number of aromatic nitrogens is 1. The lowest BCUT2D eigenvalue weighted by atomic mass is 9.96. The first-order valence-corrected chi connectivity index (χ1v) is 7.65. The summed E-state index contributed by atoms with van der Waals surface area (Å²) in [5, 5.41) is 9.38. The molecule has 0 fully saturated rings. The zero-order chi connectivity index (χ0) is 20.4. The number of amides is 1. The van der Waals surface area contributed by atoms with Gasteiger partial charge in [-0.15, -0.1) is 0 Å². The SMILES string of the molecule is CCN(C(=O)O)C(c1ccc(C(F)(F)F)cc1)c1ncccc1C(F)(F)F. The third-order valence-corrected chi connectivity index (χ3v) is 3.85. The van der Waals surface area contributed by atoms with Crippen LogP contribution in [-0.2, 0) is 12.4 Å². The van der Waals surface area contributed by atoms with Crippen LogP contribution in [0.3, 0.4) is 0 Å². The van der Waals surface area contributed by atoms with E-state index >= 15 is 0 Å². The van der Waals surface area contributed by atoms with Crippen molar-refractivity contribution in [2.45, 2.75) is 25.3 Å². The summed E-state index contributed by atoms with van der Waals surface area (Å²) in [7, 11) is 0. The van der Waals surface area contributed by atoms with Crippen molar-refractivity contribution in [3.05, 3.63) is 65.0 Å². The Labute approximate surface area is 150 Å². The second kappa shape index (κ2) is 7.45. The summed E-state index contributed by atoms with van der Waals surface area (Å²) in [6.45, 7) is 1.20. The fourth-order valence-electron chi connectivity index (χ4n) is 2.64. The van der Waals surface area contributed by atoms with Gasteiger partial charge in [-0.05, 0) is 36.8 Å². The fraction of sp³-hybridized carbons (Fsp3) is 0.294. The summed E-state index contributed by atoms with van der Waals surface area (Å²) in [6, 6.07) is 3.56. The zero-order valence-electron chi connectivity index (χ0n) is 13.8. The van der Waals surface area contributed by atoms with Crippen molar-refractivity contribution in [2.75, 3.05) is 6.54 Å². The molecule has 10 heteroatoms. The Bertz CT molecular complexity index is 802. The second-order valence-electron chi connectivity index (χ2n) is 5.52. The number of alkyl halides is 6. The summed E-state index contributed by atoms with van der Waals surface area (Å²) in [5.41, 5.74) is -2.82. The van der Waals surface area contributed by atoms with Crippen LogP contribution in [0.2, 0.25) is 0 Å². The van der Waals surface area contributed by atoms with E-state index in [-0.39, 0.29) is 12.1 Å². The quantitative estimate of drug-likeness (QED) is 0.727. The van der Waals surface area contributed by atoms with Gasteiger partial charge in [-0.25, -0.2) is 4.79 Å². The highest BCUT2D eigenvalue weighted by atomic mass is 19.4. The normalized spacial score (nSPS) is 13.3. The summed E-state index contributed by atoms with van der Waals surface area (Å²) in [5.74, 6) is 0. The van der Waals surface area contributed by atoms with E-state index in [1.165, 1.54) is 6.92 Å². The molecule has 0 saturated carbocycles. The van der Waals surface area contributed by atoms with Crippen molar-refractivity contribution in [1.29, 1.82) is 0 Å². The number of hydrogen-bond acceptors (Lipinski definition) is 2. The van der Waals surface area contributed by atoms with E-state index in [4.69, 9.17) is 0 Å². The number of carbonyl (C=O) groups is 1. The zero-order valence-corrected chi connectivity index (χ0v) is 13.8. The van der Waals surface area contributed by atoms with Gasteiger partial charge in [0.05, 0.1) is 16.8 Å². The van der Waals surface area contributed by atoms with Crippen molar-refractivity contribution in [3.8, 4) is 0 Å². The van der Waals surface area contributed by atoms with Crippen LogP contribution in [-0.4, -0.2) is 27.6 Å². The van der Waals surface area contributed by atoms with Crippen LogP contribution in [0.15, 0.2) is 42.6 Å². The van der Waals surface area contributed by atoms with E-state index in [0.29, 0.717) is 17.0 Å². The van der Waals surface area contributed by atoms with Crippen LogP contribution in [0.4, 0.5) is 31.1 Å². The molecule has 1 atom stereocenters. The number of nitrogens with zero attached hydrogens (tertiary/aromatic N) is 2. The molecule has 1 heterocycles. The first-order valence-electron chi connectivity index (χ1n) is 7.65. The van der Waals surface area contributed by atoms with Gasteiger partial charge in [-0.1, -0.05) is 12.1 Å². The smallest absolute Gasteiger partial charge is 0.418 e. The van der Waals surface area contributed by atoms with Crippen molar-refractivity contribution >= 4 is 6.09 Å². The highest BCUT2D eigenvalue weighted by molar-refractivity contribution is 5.66. The second-order valence-corrected chi connectivity index (χ2v) is 5.52. The number of carboxylic acid groups (broad SMARTS) is 1. The summed E-state index contributed by atoms with van der Waals surface area (Å²) in [6.07, 6.45) is -9.91. The van der Waals surface area contributed by atoms with E-state index in [1.807, 2.05) is 0 Å². The molecule has 0 aliphatic heterocycles. The van der Waals surface area contributed by atoms with Crippen LogP contribution < -0.4 is 0 Å². The lowest BCUT2D eigenvalue weighted by Gasteiger charge is -2.30. The first-order chi connectivity index (χ1) is 12.5. The molecule has 1 amide bonds. The highest BCUT2D eigenvalue weighted by Crippen LogP contribution is 2.38. The van der Waals surface area contributed by atoms with E-state index in [1.54, 1.807) is 0 Å². The third-order valence-electron chi connectivity index (χ3n) is 3.85. The minimum atomic E-state index is -4.81. The Hall–Kier alpha value is -2.78.